The maximum absolute atomic E-state index is 12.0. The summed E-state index contributed by atoms with van der Waals surface area (Å²) in [6, 6.07) is 13.9. The molecule has 2 N–H and O–H groups in total. The van der Waals surface area contributed by atoms with Crippen molar-refractivity contribution >= 4 is 41.5 Å². The zero-order chi connectivity index (χ0) is 31.4. The molecule has 0 aliphatic carbocycles. The lowest BCUT2D eigenvalue weighted by atomic mass is 9.98. The average Bonchev–Trinajstić information content (AvgIpc) is 3.45. The Morgan fingerprint density at radius 1 is 0.977 bits per heavy atom. The Balaban J connectivity index is 1.46. The molecule has 2 amide bonds. The number of aldehydes is 1. The molecule has 2 aromatic carbocycles. The molecule has 1 aliphatic rings. The van der Waals surface area contributed by atoms with Gasteiger partial charge in [-0.1, -0.05) is 59.6 Å². The summed E-state index contributed by atoms with van der Waals surface area (Å²) in [5.41, 5.74) is 4.01. The van der Waals surface area contributed by atoms with Crippen LogP contribution in [0.3, 0.4) is 0 Å². The first-order chi connectivity index (χ1) is 21.2. The van der Waals surface area contributed by atoms with Crippen molar-refractivity contribution in [2.75, 3.05) is 20.8 Å². The number of halogens is 2. The zero-order valence-corrected chi connectivity index (χ0v) is 25.2. The smallest absolute Gasteiger partial charge is 0.407 e. The van der Waals surface area contributed by atoms with Crippen molar-refractivity contribution in [2.45, 2.75) is 25.4 Å². The molecule has 2 aromatic heterocycles. The van der Waals surface area contributed by atoms with E-state index in [0.29, 0.717) is 74.1 Å². The normalized spacial score (nSPS) is 14.2. The Morgan fingerprint density at radius 3 is 2.16 bits per heavy atom. The van der Waals surface area contributed by atoms with Crippen molar-refractivity contribution < 1.29 is 29.0 Å². The molecule has 0 spiro atoms. The van der Waals surface area contributed by atoms with Crippen LogP contribution in [0.1, 0.15) is 28.9 Å². The van der Waals surface area contributed by atoms with Crippen LogP contribution in [-0.4, -0.2) is 70.1 Å². The number of carbonyl (C=O) groups excluding carboxylic acids is 2. The highest BCUT2D eigenvalue weighted by atomic mass is 35.5. The van der Waals surface area contributed by atoms with E-state index in [1.54, 1.807) is 18.2 Å². The average molecular weight is 636 g/mol. The quantitative estimate of drug-likeness (QED) is 0.208. The highest BCUT2D eigenvalue weighted by molar-refractivity contribution is 6.39. The number of nitrogens with zero attached hydrogens (tertiary/aromatic N) is 4. The number of pyridine rings is 1. The van der Waals surface area contributed by atoms with Crippen molar-refractivity contribution in [1.82, 2.24) is 25.2 Å². The lowest BCUT2D eigenvalue weighted by Crippen LogP contribution is -2.41. The fraction of sp³-hybridized carbons (Fsp3) is 0.226. The number of ether oxygens (including phenoxy) is 2. The molecule has 5 rings (SSSR count). The number of hydrogen-bond donors (Lipinski definition) is 2. The number of methoxy groups -OCH3 is 2. The summed E-state index contributed by atoms with van der Waals surface area (Å²) in [6.45, 7) is 0.0336. The number of rotatable bonds is 10. The van der Waals surface area contributed by atoms with E-state index < -0.39 is 6.09 Å². The maximum Gasteiger partial charge on any atom is 0.407 e. The first-order valence-corrected chi connectivity index (χ1v) is 14.2. The van der Waals surface area contributed by atoms with E-state index >= 15 is 0 Å². The van der Waals surface area contributed by atoms with Crippen LogP contribution in [0.15, 0.2) is 54.7 Å². The maximum atomic E-state index is 12.0. The monoisotopic (exact) mass is 635 g/mol. The van der Waals surface area contributed by atoms with E-state index in [1.165, 1.54) is 25.3 Å². The summed E-state index contributed by atoms with van der Waals surface area (Å²) in [5.74, 6) is 0.232. The summed E-state index contributed by atoms with van der Waals surface area (Å²) in [5, 5.41) is 13.3. The van der Waals surface area contributed by atoms with Crippen LogP contribution < -0.4 is 14.8 Å². The lowest BCUT2D eigenvalue weighted by molar-refractivity contribution is -0.119. The Kier molecular flexibility index (Phi) is 9.26. The molecule has 1 saturated heterocycles. The molecular weight excluding hydrogens is 609 g/mol. The van der Waals surface area contributed by atoms with E-state index in [0.717, 1.165) is 0 Å². The van der Waals surface area contributed by atoms with Gasteiger partial charge in [0, 0.05) is 41.3 Å². The summed E-state index contributed by atoms with van der Waals surface area (Å²) >= 11 is 13.8. The van der Waals surface area contributed by atoms with Gasteiger partial charge in [0.2, 0.25) is 17.7 Å². The van der Waals surface area contributed by atoms with Gasteiger partial charge < -0.3 is 24.8 Å². The van der Waals surface area contributed by atoms with Crippen LogP contribution >= 0.6 is 23.2 Å². The third-order valence-electron chi connectivity index (χ3n) is 7.19. The van der Waals surface area contributed by atoms with Crippen molar-refractivity contribution in [3.8, 4) is 45.4 Å². The second-order valence-electron chi connectivity index (χ2n) is 9.92. The molecule has 0 saturated carbocycles. The SMILES string of the molecule is COc1nc(-c2cccc(-c3cccc(-c4cnc(CN(CC5CCC(=O)N5)C(=O)O)c(OC)n4)c3Cl)c2Cl)ccc1C=O. The lowest BCUT2D eigenvalue weighted by Gasteiger charge is -2.23. The van der Waals surface area contributed by atoms with Crippen LogP contribution in [-0.2, 0) is 11.3 Å². The van der Waals surface area contributed by atoms with E-state index in [2.05, 4.69) is 20.3 Å². The molecule has 11 nitrogen and oxygen atoms in total. The third-order valence-corrected chi connectivity index (χ3v) is 8.01. The summed E-state index contributed by atoms with van der Waals surface area (Å²) < 4.78 is 10.7. The number of amides is 2. The molecule has 3 heterocycles. The van der Waals surface area contributed by atoms with Gasteiger partial charge in [0.25, 0.3) is 0 Å². The Bertz CT molecular complexity index is 1750. The second kappa shape index (κ2) is 13.3. The van der Waals surface area contributed by atoms with Crippen molar-refractivity contribution in [2.24, 2.45) is 0 Å². The largest absolute Gasteiger partial charge is 0.480 e. The highest BCUT2D eigenvalue weighted by Gasteiger charge is 2.27. The minimum atomic E-state index is -1.15. The van der Waals surface area contributed by atoms with Gasteiger partial charge in [-0.25, -0.2) is 14.8 Å². The van der Waals surface area contributed by atoms with Crippen LogP contribution in [0, 0.1) is 0 Å². The molecule has 4 aromatic rings. The van der Waals surface area contributed by atoms with Gasteiger partial charge in [-0.3, -0.25) is 14.6 Å². The van der Waals surface area contributed by atoms with Gasteiger partial charge in [-0.2, -0.15) is 0 Å². The summed E-state index contributed by atoms with van der Waals surface area (Å²) in [7, 11) is 2.86. The van der Waals surface area contributed by atoms with Crippen LogP contribution in [0.5, 0.6) is 11.8 Å². The molecule has 1 atom stereocenters. The number of hydrogen-bond acceptors (Lipinski definition) is 8. The van der Waals surface area contributed by atoms with Gasteiger partial charge >= 0.3 is 6.09 Å². The van der Waals surface area contributed by atoms with Crippen LogP contribution in [0.4, 0.5) is 4.79 Å². The minimum absolute atomic E-state index is 0.0824. The van der Waals surface area contributed by atoms with Gasteiger partial charge in [-0.15, -0.1) is 0 Å². The molecule has 13 heteroatoms. The Morgan fingerprint density at radius 2 is 1.59 bits per heavy atom. The van der Waals surface area contributed by atoms with Crippen molar-refractivity contribution in [3.63, 3.8) is 0 Å². The van der Waals surface area contributed by atoms with E-state index in [9.17, 15) is 19.5 Å². The summed E-state index contributed by atoms with van der Waals surface area (Å²) in [4.78, 5) is 49.5. The third kappa shape index (κ3) is 6.29. The zero-order valence-electron chi connectivity index (χ0n) is 23.7. The first-order valence-electron chi connectivity index (χ1n) is 13.5. The fourth-order valence-electron chi connectivity index (χ4n) is 5.00. The van der Waals surface area contributed by atoms with Crippen molar-refractivity contribution in [3.05, 3.63) is 76.0 Å². The highest BCUT2D eigenvalue weighted by Crippen LogP contribution is 2.42. The van der Waals surface area contributed by atoms with Gasteiger partial charge in [0.15, 0.2) is 6.29 Å². The van der Waals surface area contributed by atoms with Crippen LogP contribution in [0.2, 0.25) is 10.0 Å². The van der Waals surface area contributed by atoms with Crippen molar-refractivity contribution in [1.29, 1.82) is 0 Å². The predicted molar refractivity (Wildman–Crippen MR) is 164 cm³/mol. The molecule has 0 bridgehead atoms. The topological polar surface area (TPSA) is 144 Å². The molecule has 1 fully saturated rings. The summed E-state index contributed by atoms with van der Waals surface area (Å²) in [6.07, 6.45) is 1.95. The fourth-order valence-corrected chi connectivity index (χ4v) is 5.65. The van der Waals surface area contributed by atoms with Crippen LogP contribution in [0.25, 0.3) is 33.6 Å². The molecule has 0 radical (unpaired) electrons. The predicted octanol–water partition coefficient (Wildman–Crippen LogP) is 5.77. The molecule has 1 unspecified atom stereocenters. The van der Waals surface area contributed by atoms with E-state index in [1.807, 2.05) is 30.3 Å². The molecule has 44 heavy (non-hydrogen) atoms. The number of carboxylic acid groups (broad SMARTS) is 1. The van der Waals surface area contributed by atoms with E-state index in [-0.39, 0.29) is 36.8 Å². The van der Waals surface area contributed by atoms with Gasteiger partial charge in [-0.05, 0) is 18.6 Å². The molecule has 226 valence electrons. The second-order valence-corrected chi connectivity index (χ2v) is 10.7. The molecule has 1 aliphatic heterocycles. The number of carbonyl (C=O) groups is 3. The first kappa shape index (κ1) is 30.7. The van der Waals surface area contributed by atoms with Gasteiger partial charge in [0.05, 0.1) is 54.0 Å². The number of aromatic nitrogens is 3. The minimum Gasteiger partial charge on any atom is -0.480 e. The molecular formula is C31H27Cl2N5O6. The van der Waals surface area contributed by atoms with E-state index in [4.69, 9.17) is 32.7 Å². The Labute approximate surface area is 262 Å². The standard InChI is InChI=1S/C31H27Cl2N5O6/c1-43-29-17(16-39)9-11-23(36-29)21-7-3-5-19(27(21)32)20-6-4-8-22(28(20)33)24-13-34-25(30(37-24)44-2)15-38(31(41)42)14-18-10-12-26(40)35-18/h3-9,11,13,16,18H,10,12,14-15H2,1-2H3,(H,35,40)(H,41,42). The number of benzene rings is 2. The number of nitrogens with one attached hydrogen (secondary N) is 1. The van der Waals surface area contributed by atoms with Gasteiger partial charge in [0.1, 0.15) is 5.69 Å². The Hall–Kier alpha value is -4.74.